The first-order chi connectivity index (χ1) is 13.0. The van der Waals surface area contributed by atoms with Crippen LogP contribution in [0.1, 0.15) is 44.6 Å². The van der Waals surface area contributed by atoms with E-state index < -0.39 is 0 Å². The molecule has 6 nitrogen and oxygen atoms in total. The van der Waals surface area contributed by atoms with Crippen molar-refractivity contribution in [3.05, 3.63) is 34.3 Å². The number of carbonyl (C=O) groups excluding carboxylic acids is 1. The number of aliphatic imine (C=N–C) groups is 1. The number of halogens is 1. The molecule has 1 amide bonds. The highest BCUT2D eigenvalue weighted by atomic mass is 79.9. The third-order valence-corrected chi connectivity index (χ3v) is 5.54. The molecule has 1 aliphatic carbocycles. The molecule has 2 rings (SSSR count). The smallest absolute Gasteiger partial charge is 0.224 e. The number of aliphatic hydroxyl groups is 1. The summed E-state index contributed by atoms with van der Waals surface area (Å²) in [7, 11) is 1.82. The molecule has 150 valence electrons. The van der Waals surface area contributed by atoms with E-state index >= 15 is 0 Å². The van der Waals surface area contributed by atoms with Crippen LogP contribution in [0.25, 0.3) is 0 Å². The minimum absolute atomic E-state index is 0.0751. The van der Waals surface area contributed by atoms with Gasteiger partial charge in [0.2, 0.25) is 5.91 Å². The quantitative estimate of drug-likeness (QED) is 0.451. The number of hydrogen-bond acceptors (Lipinski definition) is 3. The fourth-order valence-corrected chi connectivity index (χ4v) is 3.57. The lowest BCUT2D eigenvalue weighted by molar-refractivity contribution is -0.130. The number of nitrogens with one attached hydrogen (secondary N) is 2. The lowest BCUT2D eigenvalue weighted by atomic mass is 9.93. The Balaban J connectivity index is 1.81. The van der Waals surface area contributed by atoms with Gasteiger partial charge in [-0.3, -0.25) is 9.79 Å². The molecule has 0 unspecified atom stereocenters. The molecular weight excluding hydrogens is 408 g/mol. The van der Waals surface area contributed by atoms with Gasteiger partial charge in [-0.15, -0.1) is 0 Å². The summed E-state index contributed by atoms with van der Waals surface area (Å²) in [5, 5.41) is 16.3. The lowest BCUT2D eigenvalue weighted by Crippen LogP contribution is -2.45. The van der Waals surface area contributed by atoms with Crippen LogP contribution >= 0.6 is 15.9 Å². The van der Waals surface area contributed by atoms with Gasteiger partial charge in [-0.1, -0.05) is 34.1 Å². The second-order valence-corrected chi connectivity index (χ2v) is 7.86. The Hall–Kier alpha value is -1.60. The van der Waals surface area contributed by atoms with E-state index in [1.807, 2.05) is 38.2 Å². The number of nitrogens with zero attached hydrogens (tertiary/aromatic N) is 2. The van der Waals surface area contributed by atoms with Gasteiger partial charge in [-0.05, 0) is 44.2 Å². The molecule has 1 aromatic carbocycles. The number of carbonyl (C=O) groups is 1. The number of benzene rings is 1. The van der Waals surface area contributed by atoms with Gasteiger partial charge in [0, 0.05) is 37.1 Å². The zero-order chi connectivity index (χ0) is 19.6. The maximum atomic E-state index is 12.4. The SMILES string of the molecule is CCNC(=NCCC(=O)N(C)Cc1ccccc1Br)NC1CCC(O)CC1. The first kappa shape index (κ1) is 21.7. The van der Waals surface area contributed by atoms with E-state index in [0.29, 0.717) is 25.6 Å². The zero-order valence-electron chi connectivity index (χ0n) is 16.2. The van der Waals surface area contributed by atoms with Crippen molar-refractivity contribution in [2.24, 2.45) is 4.99 Å². The summed E-state index contributed by atoms with van der Waals surface area (Å²) >= 11 is 3.52. The summed E-state index contributed by atoms with van der Waals surface area (Å²) in [5.41, 5.74) is 1.09. The van der Waals surface area contributed by atoms with E-state index in [1.165, 1.54) is 0 Å². The third kappa shape index (κ3) is 7.50. The average Bonchev–Trinajstić information content (AvgIpc) is 2.65. The maximum absolute atomic E-state index is 12.4. The first-order valence-corrected chi connectivity index (χ1v) is 10.5. The van der Waals surface area contributed by atoms with Crippen LogP contribution < -0.4 is 10.6 Å². The Morgan fingerprint density at radius 1 is 1.30 bits per heavy atom. The number of guanidine groups is 1. The lowest BCUT2D eigenvalue weighted by Gasteiger charge is -2.27. The molecule has 0 bridgehead atoms. The van der Waals surface area contributed by atoms with Crippen LogP contribution in [0.5, 0.6) is 0 Å². The largest absolute Gasteiger partial charge is 0.393 e. The summed E-state index contributed by atoms with van der Waals surface area (Å²) in [4.78, 5) is 18.7. The van der Waals surface area contributed by atoms with Gasteiger partial charge in [-0.2, -0.15) is 0 Å². The highest BCUT2D eigenvalue weighted by Crippen LogP contribution is 2.18. The number of rotatable bonds is 7. The Morgan fingerprint density at radius 2 is 2.00 bits per heavy atom. The van der Waals surface area contributed by atoms with Gasteiger partial charge in [0.15, 0.2) is 5.96 Å². The highest BCUT2D eigenvalue weighted by Gasteiger charge is 2.20. The van der Waals surface area contributed by atoms with Crippen LogP contribution in [0, 0.1) is 0 Å². The van der Waals surface area contributed by atoms with E-state index in [1.54, 1.807) is 4.90 Å². The van der Waals surface area contributed by atoms with Crippen molar-refractivity contribution >= 4 is 27.8 Å². The molecule has 0 aliphatic heterocycles. The van der Waals surface area contributed by atoms with Crippen molar-refractivity contribution < 1.29 is 9.90 Å². The Kier molecular flexibility index (Phi) is 9.07. The van der Waals surface area contributed by atoms with Crippen LogP contribution in [0.15, 0.2) is 33.7 Å². The number of aliphatic hydroxyl groups excluding tert-OH is 1. The molecule has 0 atom stereocenters. The normalized spacial score (nSPS) is 20.2. The van der Waals surface area contributed by atoms with Crippen LogP contribution in [0.4, 0.5) is 0 Å². The predicted octanol–water partition coefficient (Wildman–Crippen LogP) is 2.66. The van der Waals surface area contributed by atoms with Crippen molar-refractivity contribution in [3.8, 4) is 0 Å². The number of amides is 1. The molecule has 0 radical (unpaired) electrons. The van der Waals surface area contributed by atoms with Gasteiger partial charge < -0.3 is 20.6 Å². The molecule has 1 aromatic rings. The fraction of sp³-hybridized carbons (Fsp3) is 0.600. The van der Waals surface area contributed by atoms with E-state index in [2.05, 4.69) is 31.6 Å². The average molecular weight is 439 g/mol. The molecule has 7 heteroatoms. The molecule has 0 heterocycles. The summed E-state index contributed by atoms with van der Waals surface area (Å²) < 4.78 is 1.01. The second-order valence-electron chi connectivity index (χ2n) is 7.00. The fourth-order valence-electron chi connectivity index (χ4n) is 3.16. The van der Waals surface area contributed by atoms with Crippen molar-refractivity contribution in [1.82, 2.24) is 15.5 Å². The summed E-state index contributed by atoms with van der Waals surface area (Å²) in [6.07, 6.45) is 3.75. The van der Waals surface area contributed by atoms with Crippen LogP contribution in [-0.4, -0.2) is 54.2 Å². The molecule has 1 aliphatic rings. The molecule has 27 heavy (non-hydrogen) atoms. The van der Waals surface area contributed by atoms with Crippen LogP contribution in [-0.2, 0) is 11.3 Å². The molecule has 1 fully saturated rings. The molecule has 0 saturated heterocycles. The van der Waals surface area contributed by atoms with E-state index in [-0.39, 0.29) is 12.0 Å². The standard InChI is InChI=1S/C20H31BrN4O2/c1-3-22-20(24-16-8-10-17(26)11-9-16)23-13-12-19(27)25(2)14-15-6-4-5-7-18(15)21/h4-7,16-17,26H,3,8-14H2,1-2H3,(H2,22,23,24). The first-order valence-electron chi connectivity index (χ1n) is 9.69. The Morgan fingerprint density at radius 3 is 2.67 bits per heavy atom. The molecule has 3 N–H and O–H groups in total. The van der Waals surface area contributed by atoms with E-state index in [0.717, 1.165) is 48.2 Å². The second kappa shape index (κ2) is 11.3. The van der Waals surface area contributed by atoms with Gasteiger partial charge in [0.25, 0.3) is 0 Å². The van der Waals surface area contributed by atoms with Crippen molar-refractivity contribution in [3.63, 3.8) is 0 Å². The topological polar surface area (TPSA) is 77.0 Å². The van der Waals surface area contributed by atoms with E-state index in [4.69, 9.17) is 0 Å². The highest BCUT2D eigenvalue weighted by molar-refractivity contribution is 9.10. The van der Waals surface area contributed by atoms with Crippen molar-refractivity contribution in [1.29, 1.82) is 0 Å². The molecular formula is C20H31BrN4O2. The summed E-state index contributed by atoms with van der Waals surface area (Å²) in [5.74, 6) is 0.825. The summed E-state index contributed by atoms with van der Waals surface area (Å²) in [6.45, 7) is 3.83. The monoisotopic (exact) mass is 438 g/mol. The summed E-state index contributed by atoms with van der Waals surface area (Å²) in [6, 6.07) is 8.27. The van der Waals surface area contributed by atoms with E-state index in [9.17, 15) is 9.90 Å². The Labute approximate surface area is 170 Å². The van der Waals surface area contributed by atoms with Crippen molar-refractivity contribution in [2.75, 3.05) is 20.1 Å². The zero-order valence-corrected chi connectivity index (χ0v) is 17.8. The molecule has 0 aromatic heterocycles. The Bertz CT molecular complexity index is 630. The molecule has 0 spiro atoms. The predicted molar refractivity (Wildman–Crippen MR) is 113 cm³/mol. The van der Waals surface area contributed by atoms with Gasteiger partial charge >= 0.3 is 0 Å². The minimum Gasteiger partial charge on any atom is -0.393 e. The van der Waals surface area contributed by atoms with Crippen molar-refractivity contribution in [2.45, 2.75) is 57.7 Å². The minimum atomic E-state index is -0.166. The third-order valence-electron chi connectivity index (χ3n) is 4.77. The van der Waals surface area contributed by atoms with Gasteiger partial charge in [0.05, 0.1) is 12.6 Å². The van der Waals surface area contributed by atoms with Crippen LogP contribution in [0.2, 0.25) is 0 Å². The number of hydrogen-bond donors (Lipinski definition) is 3. The maximum Gasteiger partial charge on any atom is 0.224 e. The molecule has 1 saturated carbocycles. The van der Waals surface area contributed by atoms with Crippen LogP contribution in [0.3, 0.4) is 0 Å². The van der Waals surface area contributed by atoms with Gasteiger partial charge in [-0.25, -0.2) is 0 Å². The van der Waals surface area contributed by atoms with Gasteiger partial charge in [0.1, 0.15) is 0 Å².